The first kappa shape index (κ1) is 13.9. The lowest BCUT2D eigenvalue weighted by atomic mass is 9.97. The molecule has 0 amide bonds. The minimum absolute atomic E-state index is 0.0851. The summed E-state index contributed by atoms with van der Waals surface area (Å²) in [5.41, 5.74) is 3.62. The van der Waals surface area contributed by atoms with Gasteiger partial charge in [0.1, 0.15) is 0 Å². The number of anilines is 1. The number of hydrogen-bond acceptors (Lipinski definition) is 2. The summed E-state index contributed by atoms with van der Waals surface area (Å²) in [5.74, 6) is 0. The van der Waals surface area contributed by atoms with E-state index in [-0.39, 0.29) is 5.56 Å². The van der Waals surface area contributed by atoms with Crippen molar-refractivity contribution in [1.82, 2.24) is 4.57 Å². The van der Waals surface area contributed by atoms with Crippen molar-refractivity contribution in [3.05, 3.63) is 39.8 Å². The number of nitrogens with zero attached hydrogens (tertiary/aromatic N) is 1. The Bertz CT molecular complexity index is 514. The van der Waals surface area contributed by atoms with Gasteiger partial charge in [0.05, 0.1) is 0 Å². The quantitative estimate of drug-likeness (QED) is 0.822. The highest BCUT2D eigenvalue weighted by molar-refractivity contribution is 5.43. The van der Waals surface area contributed by atoms with Crippen LogP contribution >= 0.6 is 0 Å². The standard InChI is InChI=1S/C16H24N2O/c1-3-18-13(2)11-15(12-16(18)19)17-10-9-14-7-5-4-6-8-14/h7,11-12,17H,3-6,8-10H2,1-2H3. The Morgan fingerprint density at radius 3 is 2.79 bits per heavy atom. The van der Waals surface area contributed by atoms with Crippen molar-refractivity contribution in [2.24, 2.45) is 0 Å². The molecule has 2 rings (SSSR count). The molecule has 1 aromatic rings. The zero-order chi connectivity index (χ0) is 13.7. The summed E-state index contributed by atoms with van der Waals surface area (Å²) in [6, 6.07) is 3.76. The van der Waals surface area contributed by atoms with E-state index in [0.29, 0.717) is 0 Å². The van der Waals surface area contributed by atoms with Gasteiger partial charge in [-0.1, -0.05) is 11.6 Å². The van der Waals surface area contributed by atoms with Crippen molar-refractivity contribution in [3.63, 3.8) is 0 Å². The van der Waals surface area contributed by atoms with Gasteiger partial charge in [-0.15, -0.1) is 0 Å². The second kappa shape index (κ2) is 6.60. The maximum absolute atomic E-state index is 11.9. The first-order chi connectivity index (χ1) is 9.20. The minimum atomic E-state index is 0.0851. The third-order valence-corrected chi connectivity index (χ3v) is 3.81. The molecule has 0 radical (unpaired) electrons. The molecule has 1 aliphatic carbocycles. The predicted molar refractivity (Wildman–Crippen MR) is 80.8 cm³/mol. The highest BCUT2D eigenvalue weighted by Gasteiger charge is 2.04. The van der Waals surface area contributed by atoms with E-state index in [2.05, 4.69) is 17.5 Å². The molecule has 3 nitrogen and oxygen atoms in total. The maximum atomic E-state index is 11.9. The molecule has 0 saturated heterocycles. The lowest BCUT2D eigenvalue weighted by Gasteiger charge is -2.14. The molecular weight excluding hydrogens is 236 g/mol. The Hall–Kier alpha value is -1.51. The molecule has 0 unspecified atom stereocenters. The van der Waals surface area contributed by atoms with Gasteiger partial charge in [-0.2, -0.15) is 0 Å². The van der Waals surface area contributed by atoms with Crippen LogP contribution in [0.15, 0.2) is 28.6 Å². The Kier molecular flexibility index (Phi) is 4.83. The smallest absolute Gasteiger partial charge is 0.252 e. The summed E-state index contributed by atoms with van der Waals surface area (Å²) in [6.45, 7) is 5.63. The van der Waals surface area contributed by atoms with Crippen molar-refractivity contribution in [1.29, 1.82) is 0 Å². The lowest BCUT2D eigenvalue weighted by Crippen LogP contribution is -2.21. The van der Waals surface area contributed by atoms with E-state index in [4.69, 9.17) is 0 Å². The Morgan fingerprint density at radius 2 is 2.16 bits per heavy atom. The second-order valence-corrected chi connectivity index (χ2v) is 5.25. The van der Waals surface area contributed by atoms with Crippen molar-refractivity contribution < 1.29 is 0 Å². The van der Waals surface area contributed by atoms with Gasteiger partial charge in [-0.25, -0.2) is 0 Å². The van der Waals surface area contributed by atoms with Gasteiger partial charge in [-0.05, 0) is 52.0 Å². The number of pyridine rings is 1. The van der Waals surface area contributed by atoms with E-state index in [9.17, 15) is 4.79 Å². The second-order valence-electron chi connectivity index (χ2n) is 5.25. The van der Waals surface area contributed by atoms with E-state index in [1.165, 1.54) is 25.7 Å². The Morgan fingerprint density at radius 1 is 1.32 bits per heavy atom. The Balaban J connectivity index is 1.93. The van der Waals surface area contributed by atoms with Gasteiger partial charge in [0.2, 0.25) is 0 Å². The molecule has 3 heteroatoms. The van der Waals surface area contributed by atoms with Gasteiger partial charge in [0, 0.05) is 30.5 Å². The number of nitrogens with one attached hydrogen (secondary N) is 1. The van der Waals surface area contributed by atoms with E-state index < -0.39 is 0 Å². The van der Waals surface area contributed by atoms with Crippen LogP contribution in [0.3, 0.4) is 0 Å². The number of aryl methyl sites for hydroxylation is 1. The van der Waals surface area contributed by atoms with Crippen molar-refractivity contribution in [2.45, 2.75) is 52.5 Å². The average molecular weight is 260 g/mol. The summed E-state index contributed by atoms with van der Waals surface area (Å²) in [5, 5.41) is 3.37. The van der Waals surface area contributed by atoms with Gasteiger partial charge >= 0.3 is 0 Å². The summed E-state index contributed by atoms with van der Waals surface area (Å²) in [4.78, 5) is 11.9. The topological polar surface area (TPSA) is 34.0 Å². The third-order valence-electron chi connectivity index (χ3n) is 3.81. The van der Waals surface area contributed by atoms with Crippen LogP contribution < -0.4 is 10.9 Å². The van der Waals surface area contributed by atoms with E-state index in [1.807, 2.05) is 13.8 Å². The molecule has 0 aromatic carbocycles. The van der Waals surface area contributed by atoms with Gasteiger partial charge in [-0.3, -0.25) is 4.79 Å². The molecule has 0 atom stereocenters. The highest BCUT2D eigenvalue weighted by atomic mass is 16.1. The van der Waals surface area contributed by atoms with Crippen molar-refractivity contribution >= 4 is 5.69 Å². The van der Waals surface area contributed by atoms with Gasteiger partial charge in [0.25, 0.3) is 5.56 Å². The van der Waals surface area contributed by atoms with E-state index in [0.717, 1.165) is 30.9 Å². The van der Waals surface area contributed by atoms with Crippen LogP contribution in [-0.4, -0.2) is 11.1 Å². The summed E-state index contributed by atoms with van der Waals surface area (Å²) >= 11 is 0. The number of aromatic nitrogens is 1. The SMILES string of the molecule is CCn1c(C)cc(NCCC2=CCCCC2)cc1=O. The molecule has 0 aliphatic heterocycles. The first-order valence-corrected chi connectivity index (χ1v) is 7.34. The van der Waals surface area contributed by atoms with Crippen LogP contribution in [0.25, 0.3) is 0 Å². The minimum Gasteiger partial charge on any atom is -0.385 e. The summed E-state index contributed by atoms with van der Waals surface area (Å²) < 4.78 is 1.79. The van der Waals surface area contributed by atoms with Crippen LogP contribution in [0.1, 0.15) is 44.7 Å². The molecule has 1 N–H and O–H groups in total. The van der Waals surface area contributed by atoms with Crippen molar-refractivity contribution in [3.8, 4) is 0 Å². The van der Waals surface area contributed by atoms with Crippen LogP contribution in [0.4, 0.5) is 5.69 Å². The fourth-order valence-corrected chi connectivity index (χ4v) is 2.74. The monoisotopic (exact) mass is 260 g/mol. The maximum Gasteiger partial charge on any atom is 0.252 e. The van der Waals surface area contributed by atoms with Crippen molar-refractivity contribution in [2.75, 3.05) is 11.9 Å². The molecule has 0 fully saturated rings. The van der Waals surface area contributed by atoms with Gasteiger partial charge in [0.15, 0.2) is 0 Å². The molecule has 1 heterocycles. The average Bonchev–Trinajstić information content (AvgIpc) is 2.40. The number of allylic oxidation sites excluding steroid dienone is 1. The lowest BCUT2D eigenvalue weighted by molar-refractivity contribution is 0.679. The zero-order valence-corrected chi connectivity index (χ0v) is 12.0. The fourth-order valence-electron chi connectivity index (χ4n) is 2.74. The third kappa shape index (κ3) is 3.72. The highest BCUT2D eigenvalue weighted by Crippen LogP contribution is 2.20. The molecule has 19 heavy (non-hydrogen) atoms. The van der Waals surface area contributed by atoms with Crippen LogP contribution in [0, 0.1) is 6.92 Å². The molecular formula is C16H24N2O. The normalized spacial score (nSPS) is 15.2. The first-order valence-electron chi connectivity index (χ1n) is 7.34. The molecule has 104 valence electrons. The van der Waals surface area contributed by atoms with Crippen LogP contribution in [-0.2, 0) is 6.54 Å². The van der Waals surface area contributed by atoms with Crippen LogP contribution in [0.5, 0.6) is 0 Å². The summed E-state index contributed by atoms with van der Waals surface area (Å²) in [6.07, 6.45) is 8.63. The fraction of sp³-hybridized carbons (Fsp3) is 0.562. The summed E-state index contributed by atoms with van der Waals surface area (Å²) in [7, 11) is 0. The molecule has 1 aliphatic rings. The van der Waals surface area contributed by atoms with Gasteiger partial charge < -0.3 is 9.88 Å². The molecule has 1 aromatic heterocycles. The molecule has 0 bridgehead atoms. The molecule has 0 saturated carbocycles. The van der Waals surface area contributed by atoms with Crippen LogP contribution in [0.2, 0.25) is 0 Å². The number of rotatable bonds is 5. The zero-order valence-electron chi connectivity index (χ0n) is 12.0. The van der Waals surface area contributed by atoms with E-state index >= 15 is 0 Å². The Labute approximate surface area is 115 Å². The van der Waals surface area contributed by atoms with E-state index in [1.54, 1.807) is 16.2 Å². The molecule has 0 spiro atoms. The predicted octanol–water partition coefficient (Wildman–Crippen LogP) is 3.48. The largest absolute Gasteiger partial charge is 0.385 e. The number of hydrogen-bond donors (Lipinski definition) is 1.